The number of hydrogen-bond donors (Lipinski definition) is 1. The van der Waals surface area contributed by atoms with Crippen molar-refractivity contribution in [3.8, 4) is 0 Å². The van der Waals surface area contributed by atoms with Gasteiger partial charge in [0.2, 0.25) is 0 Å². The number of rotatable bonds is 4. The van der Waals surface area contributed by atoms with Gasteiger partial charge in [-0.3, -0.25) is 9.69 Å². The Labute approximate surface area is 165 Å². The van der Waals surface area contributed by atoms with Crippen molar-refractivity contribution >= 4 is 16.8 Å². The molecule has 28 heavy (non-hydrogen) atoms. The number of aryl methyl sites for hydroxylation is 1. The largest absolute Gasteiger partial charge is 0.354 e. The van der Waals surface area contributed by atoms with Crippen LogP contribution in [-0.2, 0) is 13.6 Å². The molecule has 1 aliphatic heterocycles. The fourth-order valence-corrected chi connectivity index (χ4v) is 4.28. The third-order valence-electron chi connectivity index (χ3n) is 5.76. The highest BCUT2D eigenvalue weighted by atomic mass is 16.1. The summed E-state index contributed by atoms with van der Waals surface area (Å²) in [4.78, 5) is 24.1. The molecule has 0 saturated carbocycles. The summed E-state index contributed by atoms with van der Waals surface area (Å²) >= 11 is 0. The molecule has 6 heteroatoms. The monoisotopic (exact) mass is 377 g/mol. The third-order valence-corrected chi connectivity index (χ3v) is 5.76. The summed E-state index contributed by atoms with van der Waals surface area (Å²) < 4.78 is 2.02. The van der Waals surface area contributed by atoms with Crippen molar-refractivity contribution < 1.29 is 4.79 Å². The molecular weight excluding hydrogens is 350 g/mol. The van der Waals surface area contributed by atoms with E-state index < -0.39 is 0 Å². The summed E-state index contributed by atoms with van der Waals surface area (Å²) in [5.74, 6) is 0.813. The second-order valence-corrected chi connectivity index (χ2v) is 7.51. The van der Waals surface area contributed by atoms with Gasteiger partial charge in [-0.15, -0.1) is 0 Å². The predicted octanol–water partition coefficient (Wildman–Crippen LogP) is 3.36. The smallest absolute Gasteiger partial charge is 0.267 e. The first-order chi connectivity index (χ1) is 13.6. The Kier molecular flexibility index (Phi) is 5.13. The van der Waals surface area contributed by atoms with Crippen molar-refractivity contribution in [2.75, 3.05) is 13.6 Å². The highest BCUT2D eigenvalue weighted by Gasteiger charge is 2.28. The number of benzene rings is 1. The molecule has 4 rings (SSSR count). The van der Waals surface area contributed by atoms with Gasteiger partial charge in [0.15, 0.2) is 0 Å². The van der Waals surface area contributed by atoms with Crippen LogP contribution in [-0.4, -0.2) is 38.9 Å². The Bertz CT molecular complexity index is 1010. The average molecular weight is 377 g/mol. The molecule has 1 N–H and O–H groups in total. The molecule has 0 radical (unpaired) electrons. The molecular formula is C22H27N5O. The van der Waals surface area contributed by atoms with Crippen LogP contribution in [0.4, 0.5) is 0 Å². The highest BCUT2D eigenvalue weighted by molar-refractivity contribution is 5.92. The number of hydrogen-bond acceptors (Lipinski definition) is 4. The van der Waals surface area contributed by atoms with Crippen molar-refractivity contribution in [2.45, 2.75) is 38.8 Å². The van der Waals surface area contributed by atoms with E-state index >= 15 is 0 Å². The van der Waals surface area contributed by atoms with Gasteiger partial charge < -0.3 is 9.88 Å². The lowest BCUT2D eigenvalue weighted by atomic mass is 9.99. The molecule has 0 unspecified atom stereocenters. The van der Waals surface area contributed by atoms with Gasteiger partial charge in [-0.2, -0.15) is 0 Å². The molecule has 146 valence electrons. The molecule has 1 saturated heterocycles. The van der Waals surface area contributed by atoms with Gasteiger partial charge in [0.05, 0.1) is 18.1 Å². The maximum Gasteiger partial charge on any atom is 0.267 e. The molecule has 3 aromatic rings. The van der Waals surface area contributed by atoms with E-state index in [9.17, 15) is 4.79 Å². The Morgan fingerprint density at radius 3 is 2.82 bits per heavy atom. The molecule has 0 spiro atoms. The number of amides is 1. The maximum atomic E-state index is 12.1. The lowest BCUT2D eigenvalue weighted by Gasteiger charge is -2.35. The second kappa shape index (κ2) is 7.72. The number of nitrogens with zero attached hydrogens (tertiary/aromatic N) is 4. The normalized spacial score (nSPS) is 17.8. The van der Waals surface area contributed by atoms with Gasteiger partial charge in [0, 0.05) is 30.9 Å². The number of nitrogens with one attached hydrogen (secondary N) is 1. The quantitative estimate of drug-likeness (QED) is 0.757. The zero-order chi connectivity index (χ0) is 19.7. The number of carbonyl (C=O) groups is 1. The summed E-state index contributed by atoms with van der Waals surface area (Å²) in [6.07, 6.45) is 3.45. The SMILES string of the molecule is CNC(=O)c1ccc([C@@H]2CCCCN2Cc2nc(C)c3ccccc3n2)n1C. The molecule has 1 fully saturated rings. The van der Waals surface area contributed by atoms with Crippen LogP contribution in [0.3, 0.4) is 0 Å². The van der Waals surface area contributed by atoms with Gasteiger partial charge in [0.25, 0.3) is 5.91 Å². The number of aromatic nitrogens is 3. The molecule has 6 nitrogen and oxygen atoms in total. The van der Waals surface area contributed by atoms with Crippen LogP contribution in [0.5, 0.6) is 0 Å². The van der Waals surface area contributed by atoms with Gasteiger partial charge in [-0.05, 0) is 44.5 Å². The van der Waals surface area contributed by atoms with E-state index in [1.165, 1.54) is 18.5 Å². The fourth-order valence-electron chi connectivity index (χ4n) is 4.28. The van der Waals surface area contributed by atoms with Crippen LogP contribution in [0, 0.1) is 6.92 Å². The highest BCUT2D eigenvalue weighted by Crippen LogP contribution is 2.32. The minimum absolute atomic E-state index is 0.0513. The Balaban J connectivity index is 1.63. The summed E-state index contributed by atoms with van der Waals surface area (Å²) in [5.41, 5.74) is 3.89. The van der Waals surface area contributed by atoms with E-state index in [0.717, 1.165) is 41.9 Å². The van der Waals surface area contributed by atoms with Crippen molar-refractivity contribution in [1.29, 1.82) is 0 Å². The van der Waals surface area contributed by atoms with Gasteiger partial charge >= 0.3 is 0 Å². The van der Waals surface area contributed by atoms with Gasteiger partial charge in [-0.1, -0.05) is 24.6 Å². The predicted molar refractivity (Wildman–Crippen MR) is 110 cm³/mol. The molecule has 3 heterocycles. The van der Waals surface area contributed by atoms with E-state index in [4.69, 9.17) is 9.97 Å². The van der Waals surface area contributed by atoms with Crippen LogP contribution in [0.25, 0.3) is 10.9 Å². The van der Waals surface area contributed by atoms with E-state index in [-0.39, 0.29) is 11.9 Å². The lowest BCUT2D eigenvalue weighted by molar-refractivity contribution is 0.0952. The maximum absolute atomic E-state index is 12.1. The van der Waals surface area contributed by atoms with Crippen LogP contribution >= 0.6 is 0 Å². The Morgan fingerprint density at radius 1 is 1.18 bits per heavy atom. The average Bonchev–Trinajstić information content (AvgIpc) is 3.09. The van der Waals surface area contributed by atoms with Crippen LogP contribution < -0.4 is 5.32 Å². The standard InChI is InChI=1S/C22H27N5O/c1-15-16-8-4-5-9-17(16)25-21(24-15)14-27-13-7-6-10-19(27)18-11-12-20(26(18)3)22(28)23-2/h4-5,8-9,11-12,19H,6-7,10,13-14H2,1-3H3,(H,23,28)/t19-/m0/s1. The third kappa shape index (κ3) is 3.40. The minimum Gasteiger partial charge on any atom is -0.354 e. The molecule has 2 aromatic heterocycles. The van der Waals surface area contributed by atoms with E-state index in [1.807, 2.05) is 42.8 Å². The summed E-state index contributed by atoms with van der Waals surface area (Å²) in [7, 11) is 3.64. The summed E-state index contributed by atoms with van der Waals surface area (Å²) in [5, 5.41) is 3.83. The van der Waals surface area contributed by atoms with Gasteiger partial charge in [-0.25, -0.2) is 9.97 Å². The van der Waals surface area contributed by atoms with Gasteiger partial charge in [0.1, 0.15) is 11.5 Å². The van der Waals surface area contributed by atoms with E-state index in [2.05, 4.69) is 22.3 Å². The van der Waals surface area contributed by atoms with E-state index in [0.29, 0.717) is 5.69 Å². The summed E-state index contributed by atoms with van der Waals surface area (Å²) in [6.45, 7) is 3.78. The fraction of sp³-hybridized carbons (Fsp3) is 0.409. The number of carbonyl (C=O) groups excluding carboxylic acids is 1. The summed E-state index contributed by atoms with van der Waals surface area (Å²) in [6, 6.07) is 12.4. The molecule has 1 aliphatic rings. The molecule has 1 aromatic carbocycles. The Morgan fingerprint density at radius 2 is 2.00 bits per heavy atom. The van der Waals surface area contributed by atoms with Crippen molar-refractivity contribution in [2.24, 2.45) is 7.05 Å². The topological polar surface area (TPSA) is 63.1 Å². The molecule has 1 atom stereocenters. The van der Waals surface area contributed by atoms with E-state index in [1.54, 1.807) is 7.05 Å². The zero-order valence-electron chi connectivity index (χ0n) is 16.8. The first kappa shape index (κ1) is 18.6. The number of fused-ring (bicyclic) bond motifs is 1. The molecule has 0 aliphatic carbocycles. The van der Waals surface area contributed by atoms with Crippen LogP contribution in [0.15, 0.2) is 36.4 Å². The second-order valence-electron chi connectivity index (χ2n) is 7.51. The number of para-hydroxylation sites is 1. The van der Waals surface area contributed by atoms with Crippen molar-refractivity contribution in [3.05, 3.63) is 59.3 Å². The minimum atomic E-state index is -0.0513. The number of likely N-dealkylation sites (tertiary alicyclic amines) is 1. The lowest BCUT2D eigenvalue weighted by Crippen LogP contribution is -2.35. The van der Waals surface area contributed by atoms with Crippen LogP contribution in [0.1, 0.15) is 53.0 Å². The van der Waals surface area contributed by atoms with Crippen molar-refractivity contribution in [3.63, 3.8) is 0 Å². The van der Waals surface area contributed by atoms with Crippen LogP contribution in [0.2, 0.25) is 0 Å². The number of piperidine rings is 1. The van der Waals surface area contributed by atoms with Crippen molar-refractivity contribution in [1.82, 2.24) is 24.8 Å². The Hall–Kier alpha value is -2.73. The first-order valence-electron chi connectivity index (χ1n) is 9.92. The molecule has 1 amide bonds. The molecule has 0 bridgehead atoms. The zero-order valence-corrected chi connectivity index (χ0v) is 16.8. The first-order valence-corrected chi connectivity index (χ1v) is 9.92.